The van der Waals surface area contributed by atoms with Gasteiger partial charge >= 0.3 is 0 Å². The van der Waals surface area contributed by atoms with Crippen molar-refractivity contribution in [1.29, 1.82) is 0 Å². The molecule has 2 fully saturated rings. The van der Waals surface area contributed by atoms with E-state index < -0.39 is 11.8 Å². The Morgan fingerprint density at radius 2 is 2.00 bits per heavy atom. The van der Waals surface area contributed by atoms with E-state index in [1.165, 1.54) is 6.92 Å². The number of imide groups is 1. The van der Waals surface area contributed by atoms with E-state index in [0.29, 0.717) is 11.1 Å². The molecule has 0 atom stereocenters. The van der Waals surface area contributed by atoms with E-state index in [0.717, 1.165) is 56.7 Å². The Balaban J connectivity index is 1.79. The van der Waals surface area contributed by atoms with Gasteiger partial charge in [-0.1, -0.05) is 0 Å². The zero-order valence-corrected chi connectivity index (χ0v) is 14.5. The molecule has 1 aromatic rings. The fourth-order valence-corrected chi connectivity index (χ4v) is 3.45. The summed E-state index contributed by atoms with van der Waals surface area (Å²) in [5.74, 6) is -1.03. The molecule has 0 bridgehead atoms. The first-order valence-electron chi connectivity index (χ1n) is 8.35. The van der Waals surface area contributed by atoms with E-state index in [9.17, 15) is 9.59 Å². The van der Waals surface area contributed by atoms with Crippen molar-refractivity contribution in [2.45, 2.75) is 26.7 Å². The van der Waals surface area contributed by atoms with Crippen molar-refractivity contribution in [2.75, 3.05) is 31.2 Å². The number of anilines is 1. The Bertz CT molecular complexity index is 717. The molecule has 3 rings (SSSR count). The number of carbonyl (C=O) groups excluding carboxylic acids is 2. The van der Waals surface area contributed by atoms with Crippen LogP contribution in [0.3, 0.4) is 0 Å². The van der Waals surface area contributed by atoms with E-state index in [4.69, 9.17) is 10.5 Å². The minimum Gasteiger partial charge on any atom is -0.404 e. The van der Waals surface area contributed by atoms with Crippen LogP contribution in [0.2, 0.25) is 0 Å². The molecule has 0 saturated carbocycles. The van der Waals surface area contributed by atoms with Gasteiger partial charge in [0.25, 0.3) is 5.91 Å². The van der Waals surface area contributed by atoms with Gasteiger partial charge < -0.3 is 15.4 Å². The monoisotopic (exact) mass is 345 g/mol. The molecule has 2 amide bonds. The number of nitrogens with zero attached hydrogens (tertiary/aromatic N) is 3. The topological polar surface area (TPSA) is 110 Å². The second kappa shape index (κ2) is 6.79. The molecule has 8 nitrogen and oxygen atoms in total. The lowest BCUT2D eigenvalue weighted by Crippen LogP contribution is -2.58. The smallest absolute Gasteiger partial charge is 0.261 e. The molecule has 0 aliphatic carbocycles. The number of carbonyl (C=O) groups is 2. The molecule has 2 aliphatic rings. The number of hydrogen-bond donors (Lipinski definition) is 2. The van der Waals surface area contributed by atoms with Gasteiger partial charge in [0.15, 0.2) is 0 Å². The maximum absolute atomic E-state index is 12.1. The molecule has 1 spiro atoms. The van der Waals surface area contributed by atoms with Crippen LogP contribution in [0.1, 0.15) is 31.2 Å². The highest BCUT2D eigenvalue weighted by atomic mass is 16.5. The van der Waals surface area contributed by atoms with Crippen LogP contribution in [-0.2, 0) is 14.3 Å². The Morgan fingerprint density at radius 3 is 2.60 bits per heavy atom. The van der Waals surface area contributed by atoms with Crippen molar-refractivity contribution in [2.24, 2.45) is 11.1 Å². The predicted octanol–water partition coefficient (Wildman–Crippen LogP) is 0.364. The van der Waals surface area contributed by atoms with Gasteiger partial charge in [0, 0.05) is 44.8 Å². The molecule has 3 heterocycles. The standard InChI is InChI=1S/C17H23N5O3/c1-11-15(22-9-17(10-22)3-5-25-6-4-17)7-14(21-20-11)13(8-18)16(24)19-12(2)23/h7-8H,3-6,9-10,18H2,1-2H3,(H,19,23,24)/b13-8-. The van der Waals surface area contributed by atoms with Crippen LogP contribution in [0.5, 0.6) is 0 Å². The average molecular weight is 345 g/mol. The van der Waals surface area contributed by atoms with Crippen LogP contribution in [-0.4, -0.2) is 48.3 Å². The Kier molecular flexibility index (Phi) is 4.71. The minimum absolute atomic E-state index is 0.130. The summed E-state index contributed by atoms with van der Waals surface area (Å²) in [5, 5.41) is 10.4. The minimum atomic E-state index is -0.580. The van der Waals surface area contributed by atoms with E-state index >= 15 is 0 Å². The molecule has 2 aliphatic heterocycles. The van der Waals surface area contributed by atoms with Gasteiger partial charge in [-0.3, -0.25) is 14.9 Å². The summed E-state index contributed by atoms with van der Waals surface area (Å²) in [7, 11) is 0. The van der Waals surface area contributed by atoms with Crippen LogP contribution in [0.25, 0.3) is 5.57 Å². The summed E-state index contributed by atoms with van der Waals surface area (Å²) in [6.45, 7) is 6.69. The van der Waals surface area contributed by atoms with Crippen molar-refractivity contribution in [3.63, 3.8) is 0 Å². The van der Waals surface area contributed by atoms with Crippen molar-refractivity contribution in [1.82, 2.24) is 15.5 Å². The largest absolute Gasteiger partial charge is 0.404 e. The summed E-state index contributed by atoms with van der Waals surface area (Å²) in [6.07, 6.45) is 3.29. The van der Waals surface area contributed by atoms with Crippen molar-refractivity contribution < 1.29 is 14.3 Å². The summed E-state index contributed by atoms with van der Waals surface area (Å²) < 4.78 is 5.45. The number of aromatic nitrogens is 2. The second-order valence-corrected chi connectivity index (χ2v) is 6.76. The number of amides is 2. The van der Waals surface area contributed by atoms with Crippen molar-refractivity contribution in [3.05, 3.63) is 23.7 Å². The number of hydrogen-bond acceptors (Lipinski definition) is 7. The molecule has 3 N–H and O–H groups in total. The van der Waals surface area contributed by atoms with Crippen LogP contribution >= 0.6 is 0 Å². The highest BCUT2D eigenvalue weighted by molar-refractivity contribution is 6.22. The second-order valence-electron chi connectivity index (χ2n) is 6.76. The fraction of sp³-hybridized carbons (Fsp3) is 0.529. The van der Waals surface area contributed by atoms with Gasteiger partial charge in [-0.05, 0) is 25.8 Å². The summed E-state index contributed by atoms with van der Waals surface area (Å²) in [5.41, 5.74) is 8.13. The van der Waals surface area contributed by atoms with Crippen LogP contribution in [0, 0.1) is 12.3 Å². The molecular weight excluding hydrogens is 322 g/mol. The average Bonchev–Trinajstić information content (AvgIpc) is 2.55. The summed E-state index contributed by atoms with van der Waals surface area (Å²) in [4.78, 5) is 25.5. The number of nitrogens with one attached hydrogen (secondary N) is 1. The maximum atomic E-state index is 12.1. The number of ether oxygens (including phenoxy) is 1. The van der Waals surface area contributed by atoms with Gasteiger partial charge in [-0.25, -0.2) is 0 Å². The lowest BCUT2D eigenvalue weighted by atomic mass is 9.73. The lowest BCUT2D eigenvalue weighted by Gasteiger charge is -2.53. The third kappa shape index (κ3) is 3.48. The van der Waals surface area contributed by atoms with Gasteiger partial charge in [-0.15, -0.1) is 5.10 Å². The van der Waals surface area contributed by atoms with Gasteiger partial charge in [0.05, 0.1) is 17.0 Å². The molecule has 8 heteroatoms. The molecule has 0 unspecified atom stereocenters. The molecule has 0 radical (unpaired) electrons. The zero-order valence-electron chi connectivity index (χ0n) is 14.5. The highest BCUT2D eigenvalue weighted by Crippen LogP contribution is 2.42. The van der Waals surface area contributed by atoms with Gasteiger partial charge in [0.1, 0.15) is 5.69 Å². The first kappa shape index (κ1) is 17.3. The van der Waals surface area contributed by atoms with Crippen molar-refractivity contribution in [3.8, 4) is 0 Å². The van der Waals surface area contributed by atoms with Crippen LogP contribution < -0.4 is 16.0 Å². The quantitative estimate of drug-likeness (QED) is 0.761. The SMILES string of the molecule is CC(=O)NC(=O)/C(=C\N)c1cc(N2CC3(CCOCC3)C2)c(C)nn1. The third-order valence-electron chi connectivity index (χ3n) is 4.88. The van der Waals surface area contributed by atoms with E-state index in [-0.39, 0.29) is 5.57 Å². The molecule has 0 aromatic carbocycles. The van der Waals surface area contributed by atoms with Crippen molar-refractivity contribution >= 4 is 23.1 Å². The number of aryl methyl sites for hydroxylation is 1. The Labute approximate surface area is 146 Å². The summed E-state index contributed by atoms with van der Waals surface area (Å²) in [6, 6.07) is 1.81. The Hall–Kier alpha value is -2.48. The lowest BCUT2D eigenvalue weighted by molar-refractivity contribution is -0.126. The molecule has 134 valence electrons. The normalized spacial score (nSPS) is 19.4. The van der Waals surface area contributed by atoms with Gasteiger partial charge in [0.2, 0.25) is 5.91 Å². The molecule has 25 heavy (non-hydrogen) atoms. The first-order valence-corrected chi connectivity index (χ1v) is 8.35. The van der Waals surface area contributed by atoms with E-state index in [1.807, 2.05) is 13.0 Å². The van der Waals surface area contributed by atoms with E-state index in [2.05, 4.69) is 20.4 Å². The molecular formula is C17H23N5O3. The zero-order chi connectivity index (χ0) is 18.0. The van der Waals surface area contributed by atoms with E-state index in [1.54, 1.807) is 0 Å². The fourth-order valence-electron chi connectivity index (χ4n) is 3.45. The highest BCUT2D eigenvalue weighted by Gasteiger charge is 2.44. The molecule has 2 saturated heterocycles. The van der Waals surface area contributed by atoms with Gasteiger partial charge in [-0.2, -0.15) is 5.10 Å². The predicted molar refractivity (Wildman–Crippen MR) is 92.5 cm³/mol. The molecule has 1 aromatic heterocycles. The number of rotatable bonds is 3. The van der Waals surface area contributed by atoms with Crippen LogP contribution in [0.15, 0.2) is 12.3 Å². The third-order valence-corrected chi connectivity index (χ3v) is 4.88. The first-order chi connectivity index (χ1) is 11.9. The number of nitrogens with two attached hydrogens (primary N) is 1. The Morgan fingerprint density at radius 1 is 1.32 bits per heavy atom. The van der Waals surface area contributed by atoms with Crippen LogP contribution in [0.4, 0.5) is 5.69 Å². The maximum Gasteiger partial charge on any atom is 0.261 e. The summed E-state index contributed by atoms with van der Waals surface area (Å²) >= 11 is 0.